The van der Waals surface area contributed by atoms with Gasteiger partial charge >= 0.3 is 0 Å². The van der Waals surface area contributed by atoms with Gasteiger partial charge in [0.2, 0.25) is 0 Å². The van der Waals surface area contributed by atoms with Crippen LogP contribution in [0, 0.1) is 11.7 Å². The number of aliphatic hydroxyl groups excluding tert-OH is 1. The van der Waals surface area contributed by atoms with Crippen molar-refractivity contribution in [3.63, 3.8) is 0 Å². The van der Waals surface area contributed by atoms with E-state index in [0.717, 1.165) is 37.8 Å². The number of aliphatic hydroxyl groups is 1. The third-order valence-electron chi connectivity index (χ3n) is 3.62. The Labute approximate surface area is 111 Å². The smallest absolute Gasteiger partial charge is 0.255 e. The third-order valence-corrected chi connectivity index (χ3v) is 3.62. The molecule has 0 spiro atoms. The fourth-order valence-electron chi connectivity index (χ4n) is 2.50. The summed E-state index contributed by atoms with van der Waals surface area (Å²) in [5, 5.41) is 22.0. The summed E-state index contributed by atoms with van der Waals surface area (Å²) in [5.41, 5.74) is 0.0139. The van der Waals surface area contributed by atoms with Crippen LogP contribution in [0.2, 0.25) is 0 Å². The minimum absolute atomic E-state index is 0.0139. The average Bonchev–Trinajstić information content (AvgIpc) is 2.89. The van der Waals surface area contributed by atoms with E-state index in [9.17, 15) is 19.4 Å². The van der Waals surface area contributed by atoms with E-state index in [2.05, 4.69) is 5.32 Å². The van der Waals surface area contributed by atoms with E-state index < -0.39 is 23.6 Å². The van der Waals surface area contributed by atoms with Gasteiger partial charge in [0.25, 0.3) is 5.91 Å². The van der Waals surface area contributed by atoms with E-state index in [1.165, 1.54) is 6.07 Å². The van der Waals surface area contributed by atoms with E-state index in [1.54, 1.807) is 0 Å². The Morgan fingerprint density at radius 1 is 1.42 bits per heavy atom. The summed E-state index contributed by atoms with van der Waals surface area (Å²) in [5.74, 6) is -1.26. The number of carbonyl (C=O) groups is 1. The minimum Gasteiger partial charge on any atom is -0.507 e. The lowest BCUT2D eigenvalue weighted by atomic mass is 10.0. The van der Waals surface area contributed by atoms with Gasteiger partial charge in [-0.05, 0) is 30.9 Å². The molecule has 0 aliphatic heterocycles. The Hall–Kier alpha value is -1.62. The van der Waals surface area contributed by atoms with Crippen molar-refractivity contribution in [2.75, 3.05) is 6.54 Å². The Morgan fingerprint density at radius 2 is 2.11 bits per heavy atom. The molecule has 1 atom stereocenters. The number of carbonyl (C=O) groups excluding carboxylic acids is 1. The second-order valence-electron chi connectivity index (χ2n) is 4.98. The van der Waals surface area contributed by atoms with Crippen LogP contribution in [-0.2, 0) is 0 Å². The van der Waals surface area contributed by atoms with Crippen molar-refractivity contribution in [1.29, 1.82) is 0 Å². The van der Waals surface area contributed by atoms with Crippen LogP contribution >= 0.6 is 0 Å². The monoisotopic (exact) mass is 267 g/mol. The van der Waals surface area contributed by atoms with Gasteiger partial charge in [-0.3, -0.25) is 4.79 Å². The molecule has 1 aromatic carbocycles. The number of phenolic OH excluding ortho intramolecular Hbond substituents is 1. The quantitative estimate of drug-likeness (QED) is 0.779. The first-order valence-corrected chi connectivity index (χ1v) is 6.52. The van der Waals surface area contributed by atoms with Crippen molar-refractivity contribution in [2.45, 2.75) is 31.8 Å². The van der Waals surface area contributed by atoms with E-state index in [0.29, 0.717) is 0 Å². The molecule has 1 aromatic rings. The highest BCUT2D eigenvalue weighted by molar-refractivity contribution is 5.96. The van der Waals surface area contributed by atoms with Crippen molar-refractivity contribution in [1.82, 2.24) is 5.32 Å². The lowest BCUT2D eigenvalue weighted by Gasteiger charge is -2.18. The number of hydrogen-bond donors (Lipinski definition) is 3. The fourth-order valence-corrected chi connectivity index (χ4v) is 2.50. The molecule has 0 aromatic heterocycles. The zero-order valence-corrected chi connectivity index (χ0v) is 10.6. The maximum atomic E-state index is 12.8. The molecule has 1 fully saturated rings. The second kappa shape index (κ2) is 6.02. The van der Waals surface area contributed by atoms with Crippen LogP contribution in [0.5, 0.6) is 5.75 Å². The van der Waals surface area contributed by atoms with Crippen molar-refractivity contribution >= 4 is 5.91 Å². The maximum Gasteiger partial charge on any atom is 0.255 e. The Kier molecular flexibility index (Phi) is 4.37. The molecule has 1 aliphatic carbocycles. The summed E-state index contributed by atoms with van der Waals surface area (Å²) in [6.45, 7) is 0.153. The molecule has 104 valence electrons. The largest absolute Gasteiger partial charge is 0.507 e. The van der Waals surface area contributed by atoms with Crippen LogP contribution in [0.25, 0.3) is 0 Å². The van der Waals surface area contributed by atoms with Gasteiger partial charge in [-0.25, -0.2) is 4.39 Å². The van der Waals surface area contributed by atoms with E-state index in [1.807, 2.05) is 0 Å². The molecule has 19 heavy (non-hydrogen) atoms. The van der Waals surface area contributed by atoms with E-state index in [4.69, 9.17) is 0 Å². The number of hydrogen-bond acceptors (Lipinski definition) is 3. The van der Waals surface area contributed by atoms with Crippen LogP contribution in [0.3, 0.4) is 0 Å². The number of phenols is 1. The Morgan fingerprint density at radius 3 is 2.74 bits per heavy atom. The van der Waals surface area contributed by atoms with Crippen molar-refractivity contribution in [3.05, 3.63) is 29.6 Å². The van der Waals surface area contributed by atoms with Crippen molar-refractivity contribution < 1.29 is 19.4 Å². The number of rotatable bonds is 4. The van der Waals surface area contributed by atoms with Crippen LogP contribution < -0.4 is 5.32 Å². The highest BCUT2D eigenvalue weighted by Gasteiger charge is 2.23. The van der Waals surface area contributed by atoms with Gasteiger partial charge in [-0.2, -0.15) is 0 Å². The van der Waals surface area contributed by atoms with Crippen molar-refractivity contribution in [2.24, 2.45) is 5.92 Å². The normalized spacial score (nSPS) is 17.4. The molecule has 5 heteroatoms. The summed E-state index contributed by atoms with van der Waals surface area (Å²) in [6, 6.07) is 3.23. The first-order valence-electron chi connectivity index (χ1n) is 6.52. The van der Waals surface area contributed by atoms with Gasteiger partial charge in [-0.15, -0.1) is 0 Å². The lowest BCUT2D eigenvalue weighted by molar-refractivity contribution is 0.0838. The summed E-state index contributed by atoms with van der Waals surface area (Å²) in [4.78, 5) is 11.8. The van der Waals surface area contributed by atoms with Gasteiger partial charge in [0.1, 0.15) is 11.6 Å². The number of aromatic hydroxyl groups is 1. The second-order valence-corrected chi connectivity index (χ2v) is 4.98. The Balaban J connectivity index is 1.90. The first kappa shape index (κ1) is 13.8. The third kappa shape index (κ3) is 3.44. The molecule has 0 heterocycles. The molecule has 1 aliphatic rings. The zero-order valence-electron chi connectivity index (χ0n) is 10.6. The van der Waals surface area contributed by atoms with Crippen LogP contribution in [0.4, 0.5) is 4.39 Å². The summed E-state index contributed by atoms with van der Waals surface area (Å²) in [7, 11) is 0. The molecule has 2 rings (SSSR count). The zero-order chi connectivity index (χ0) is 13.8. The van der Waals surface area contributed by atoms with Gasteiger partial charge in [0, 0.05) is 12.6 Å². The number of amides is 1. The van der Waals surface area contributed by atoms with E-state index in [-0.39, 0.29) is 18.0 Å². The fraction of sp³-hybridized carbons (Fsp3) is 0.500. The summed E-state index contributed by atoms with van der Waals surface area (Å²) < 4.78 is 12.8. The molecular formula is C14H18FNO3. The van der Waals surface area contributed by atoms with Gasteiger partial charge < -0.3 is 15.5 Å². The summed E-state index contributed by atoms with van der Waals surface area (Å²) in [6.07, 6.45) is 3.65. The lowest BCUT2D eigenvalue weighted by Crippen LogP contribution is -2.35. The van der Waals surface area contributed by atoms with Crippen LogP contribution in [-0.4, -0.2) is 28.8 Å². The molecule has 1 unspecified atom stereocenters. The van der Waals surface area contributed by atoms with Gasteiger partial charge in [-0.1, -0.05) is 12.8 Å². The first-order chi connectivity index (χ1) is 9.08. The predicted molar refractivity (Wildman–Crippen MR) is 68.4 cm³/mol. The molecule has 4 nitrogen and oxygen atoms in total. The molecule has 0 bridgehead atoms. The van der Waals surface area contributed by atoms with Gasteiger partial charge in [0.15, 0.2) is 0 Å². The summed E-state index contributed by atoms with van der Waals surface area (Å²) >= 11 is 0. The molecule has 1 amide bonds. The number of benzene rings is 1. The van der Waals surface area contributed by atoms with Crippen molar-refractivity contribution in [3.8, 4) is 5.75 Å². The maximum absolute atomic E-state index is 12.8. The number of halogens is 1. The van der Waals surface area contributed by atoms with Gasteiger partial charge in [0.05, 0.1) is 11.7 Å². The Bertz CT molecular complexity index is 458. The predicted octanol–water partition coefficient (Wildman–Crippen LogP) is 1.81. The highest BCUT2D eigenvalue weighted by atomic mass is 19.1. The molecular weight excluding hydrogens is 249 g/mol. The molecule has 1 saturated carbocycles. The molecule has 0 radical (unpaired) electrons. The highest BCUT2D eigenvalue weighted by Crippen LogP contribution is 2.27. The standard InChI is InChI=1S/C14H18FNO3/c15-10-5-6-11(12(17)7-10)14(19)16-8-13(18)9-3-1-2-4-9/h5-7,9,13,17-18H,1-4,8H2,(H,16,19). The molecule has 0 saturated heterocycles. The minimum atomic E-state index is -0.597. The average molecular weight is 267 g/mol. The van der Waals surface area contributed by atoms with E-state index >= 15 is 0 Å². The van der Waals surface area contributed by atoms with Crippen LogP contribution in [0.15, 0.2) is 18.2 Å². The SMILES string of the molecule is O=C(NCC(O)C1CCCC1)c1ccc(F)cc1O. The molecule has 3 N–H and O–H groups in total. The van der Waals surface area contributed by atoms with Crippen LogP contribution in [0.1, 0.15) is 36.0 Å². The number of nitrogens with one attached hydrogen (secondary N) is 1. The topological polar surface area (TPSA) is 69.6 Å².